The van der Waals surface area contributed by atoms with Crippen molar-refractivity contribution in [2.24, 2.45) is 5.73 Å². The van der Waals surface area contributed by atoms with Crippen LogP contribution >= 0.6 is 11.3 Å². The summed E-state index contributed by atoms with van der Waals surface area (Å²) in [6.07, 6.45) is 1.69. The molecule has 1 aliphatic heterocycles. The summed E-state index contributed by atoms with van der Waals surface area (Å²) in [5, 5.41) is 1.07. The van der Waals surface area contributed by atoms with E-state index in [4.69, 9.17) is 10.7 Å². The van der Waals surface area contributed by atoms with Gasteiger partial charge in [-0.3, -0.25) is 4.79 Å². The molecule has 3 rings (SSSR count). The van der Waals surface area contributed by atoms with Gasteiger partial charge in [-0.05, 0) is 18.7 Å². The van der Waals surface area contributed by atoms with Gasteiger partial charge in [-0.2, -0.15) is 0 Å². The Bertz CT molecular complexity index is 650. The molecule has 2 N–H and O–H groups in total. The van der Waals surface area contributed by atoms with E-state index in [9.17, 15) is 4.79 Å². The first kappa shape index (κ1) is 13.3. The Hall–Kier alpha value is -1.72. The lowest BCUT2D eigenvalue weighted by Crippen LogP contribution is -2.25. The number of nitrogens with zero attached hydrogens (tertiary/aromatic N) is 2. The van der Waals surface area contributed by atoms with Crippen molar-refractivity contribution in [2.75, 3.05) is 13.6 Å². The van der Waals surface area contributed by atoms with Crippen LogP contribution in [0.2, 0.25) is 0 Å². The second kappa shape index (κ2) is 5.34. The topological polar surface area (TPSA) is 59.2 Å². The fourth-order valence-corrected chi connectivity index (χ4v) is 3.75. The molecule has 1 amide bonds. The molecule has 2 heterocycles. The number of amides is 1. The lowest BCUT2D eigenvalue weighted by Gasteiger charge is -2.20. The SMILES string of the molecule is CN1CCc2nc(Cc3ccccc3C(N)=O)sc2C1. The minimum atomic E-state index is -0.373. The summed E-state index contributed by atoms with van der Waals surface area (Å²) in [7, 11) is 2.13. The molecule has 0 fully saturated rings. The Kier molecular flexibility index (Phi) is 3.54. The van der Waals surface area contributed by atoms with Crippen LogP contribution in [0.1, 0.15) is 31.5 Å². The number of hydrogen-bond donors (Lipinski definition) is 1. The first-order chi connectivity index (χ1) is 9.63. The van der Waals surface area contributed by atoms with Gasteiger partial charge in [-0.1, -0.05) is 18.2 Å². The first-order valence-corrected chi connectivity index (χ1v) is 7.49. The maximum atomic E-state index is 11.4. The molecule has 0 unspecified atom stereocenters. The molecule has 1 aliphatic rings. The first-order valence-electron chi connectivity index (χ1n) is 6.67. The van der Waals surface area contributed by atoms with Gasteiger partial charge in [-0.15, -0.1) is 11.3 Å². The van der Waals surface area contributed by atoms with Crippen LogP contribution in [-0.4, -0.2) is 29.4 Å². The van der Waals surface area contributed by atoms with E-state index >= 15 is 0 Å². The summed E-state index contributed by atoms with van der Waals surface area (Å²) in [4.78, 5) is 19.8. The molecule has 2 aromatic rings. The standard InChI is InChI=1S/C15H17N3OS/c1-18-7-6-12-13(9-18)20-14(17-12)8-10-4-2-3-5-11(10)15(16)19/h2-5H,6-9H2,1H3,(H2,16,19). The highest BCUT2D eigenvalue weighted by Gasteiger charge is 2.19. The minimum absolute atomic E-state index is 0.373. The average Bonchev–Trinajstić information content (AvgIpc) is 2.80. The monoisotopic (exact) mass is 287 g/mol. The molecule has 5 heteroatoms. The Morgan fingerprint density at radius 1 is 1.45 bits per heavy atom. The van der Waals surface area contributed by atoms with Gasteiger partial charge in [0.15, 0.2) is 0 Å². The second-order valence-electron chi connectivity index (χ2n) is 5.16. The van der Waals surface area contributed by atoms with E-state index in [-0.39, 0.29) is 5.91 Å². The minimum Gasteiger partial charge on any atom is -0.366 e. The molecule has 0 saturated carbocycles. The third kappa shape index (κ3) is 2.59. The molecule has 20 heavy (non-hydrogen) atoms. The van der Waals surface area contributed by atoms with Crippen molar-refractivity contribution in [2.45, 2.75) is 19.4 Å². The molecule has 104 valence electrons. The van der Waals surface area contributed by atoms with E-state index < -0.39 is 0 Å². The molecule has 0 atom stereocenters. The van der Waals surface area contributed by atoms with Gasteiger partial charge >= 0.3 is 0 Å². The number of benzene rings is 1. The van der Waals surface area contributed by atoms with E-state index in [1.807, 2.05) is 18.2 Å². The van der Waals surface area contributed by atoms with Crippen molar-refractivity contribution in [3.8, 4) is 0 Å². The van der Waals surface area contributed by atoms with Crippen molar-refractivity contribution < 1.29 is 4.79 Å². The van der Waals surface area contributed by atoms with Crippen LogP contribution in [0.5, 0.6) is 0 Å². The average molecular weight is 287 g/mol. The number of nitrogens with two attached hydrogens (primary N) is 1. The van der Waals surface area contributed by atoms with Gasteiger partial charge in [0.25, 0.3) is 0 Å². The summed E-state index contributed by atoms with van der Waals surface area (Å²) >= 11 is 1.75. The normalized spacial score (nSPS) is 15.1. The molecular weight excluding hydrogens is 270 g/mol. The third-order valence-electron chi connectivity index (χ3n) is 3.59. The number of fused-ring (bicyclic) bond motifs is 1. The highest BCUT2D eigenvalue weighted by atomic mass is 32.1. The predicted octanol–water partition coefficient (Wildman–Crippen LogP) is 1.82. The Morgan fingerprint density at radius 3 is 3.05 bits per heavy atom. The zero-order valence-corrected chi connectivity index (χ0v) is 12.2. The fourth-order valence-electron chi connectivity index (χ4n) is 2.53. The molecule has 0 radical (unpaired) electrons. The van der Waals surface area contributed by atoms with Gasteiger partial charge in [-0.25, -0.2) is 4.98 Å². The lowest BCUT2D eigenvalue weighted by molar-refractivity contribution is 0.0999. The van der Waals surface area contributed by atoms with Crippen molar-refractivity contribution in [1.82, 2.24) is 9.88 Å². The summed E-state index contributed by atoms with van der Waals surface area (Å²) < 4.78 is 0. The van der Waals surface area contributed by atoms with Crippen LogP contribution in [0.15, 0.2) is 24.3 Å². The summed E-state index contributed by atoms with van der Waals surface area (Å²) in [6.45, 7) is 2.04. The number of hydrogen-bond acceptors (Lipinski definition) is 4. The molecule has 0 spiro atoms. The predicted molar refractivity (Wildman–Crippen MR) is 79.9 cm³/mol. The number of thiazole rings is 1. The highest BCUT2D eigenvalue weighted by molar-refractivity contribution is 7.11. The van der Waals surface area contributed by atoms with Gasteiger partial charge in [0.2, 0.25) is 5.91 Å². The van der Waals surface area contributed by atoms with E-state index in [1.54, 1.807) is 17.4 Å². The lowest BCUT2D eigenvalue weighted by atomic mass is 10.0. The Morgan fingerprint density at radius 2 is 2.25 bits per heavy atom. The molecule has 0 aliphatic carbocycles. The number of likely N-dealkylation sites (N-methyl/N-ethyl adjacent to an activating group) is 1. The summed E-state index contributed by atoms with van der Waals surface area (Å²) in [5.74, 6) is -0.373. The number of aromatic nitrogens is 1. The van der Waals surface area contributed by atoms with Gasteiger partial charge < -0.3 is 10.6 Å². The van der Waals surface area contributed by atoms with Crippen LogP contribution in [0.25, 0.3) is 0 Å². The van der Waals surface area contributed by atoms with E-state index in [2.05, 4.69) is 11.9 Å². The zero-order chi connectivity index (χ0) is 14.1. The molecule has 0 bridgehead atoms. The third-order valence-corrected chi connectivity index (χ3v) is 4.67. The maximum Gasteiger partial charge on any atom is 0.248 e. The van der Waals surface area contributed by atoms with E-state index in [1.165, 1.54) is 10.6 Å². The molecule has 4 nitrogen and oxygen atoms in total. The highest BCUT2D eigenvalue weighted by Crippen LogP contribution is 2.26. The maximum absolute atomic E-state index is 11.4. The van der Waals surface area contributed by atoms with E-state index in [0.717, 1.165) is 30.1 Å². The number of carbonyl (C=O) groups is 1. The van der Waals surface area contributed by atoms with Crippen LogP contribution in [0, 0.1) is 0 Å². The molecule has 1 aromatic heterocycles. The second-order valence-corrected chi connectivity index (χ2v) is 6.33. The van der Waals surface area contributed by atoms with E-state index in [0.29, 0.717) is 12.0 Å². The quantitative estimate of drug-likeness (QED) is 0.937. The Labute approximate surface area is 122 Å². The zero-order valence-electron chi connectivity index (χ0n) is 11.4. The van der Waals surface area contributed by atoms with Crippen LogP contribution in [0.4, 0.5) is 0 Å². The summed E-state index contributed by atoms with van der Waals surface area (Å²) in [6, 6.07) is 7.50. The van der Waals surface area contributed by atoms with Crippen LogP contribution < -0.4 is 5.73 Å². The summed E-state index contributed by atoms with van der Waals surface area (Å²) in [5.41, 5.74) is 8.20. The van der Waals surface area contributed by atoms with Gasteiger partial charge in [0.05, 0.1) is 10.7 Å². The molecule has 0 saturated heterocycles. The van der Waals surface area contributed by atoms with Gasteiger partial charge in [0, 0.05) is 36.4 Å². The Balaban J connectivity index is 1.87. The van der Waals surface area contributed by atoms with Crippen molar-refractivity contribution in [1.29, 1.82) is 0 Å². The van der Waals surface area contributed by atoms with Crippen LogP contribution in [-0.2, 0) is 19.4 Å². The number of primary amides is 1. The molecular formula is C15H17N3OS. The number of rotatable bonds is 3. The molecule has 1 aromatic carbocycles. The van der Waals surface area contributed by atoms with Gasteiger partial charge in [0.1, 0.15) is 0 Å². The largest absolute Gasteiger partial charge is 0.366 e. The fraction of sp³-hybridized carbons (Fsp3) is 0.333. The number of carbonyl (C=O) groups excluding carboxylic acids is 1. The smallest absolute Gasteiger partial charge is 0.248 e. The van der Waals surface area contributed by atoms with Crippen molar-refractivity contribution in [3.63, 3.8) is 0 Å². The van der Waals surface area contributed by atoms with Crippen molar-refractivity contribution in [3.05, 3.63) is 51.0 Å². The van der Waals surface area contributed by atoms with Crippen LogP contribution in [0.3, 0.4) is 0 Å². The van der Waals surface area contributed by atoms with Crippen molar-refractivity contribution >= 4 is 17.2 Å².